The van der Waals surface area contributed by atoms with Crippen molar-refractivity contribution in [1.82, 2.24) is 0 Å². The predicted molar refractivity (Wildman–Crippen MR) is 154 cm³/mol. The normalized spacial score (nSPS) is 18.7. The van der Waals surface area contributed by atoms with Gasteiger partial charge in [-0.3, -0.25) is 9.59 Å². The Bertz CT molecular complexity index is 922. The maximum absolute atomic E-state index is 12.1. The van der Waals surface area contributed by atoms with E-state index in [1.54, 1.807) is 0 Å². The monoisotopic (exact) mass is 515 g/mol. The molecule has 5 nitrogen and oxygen atoms in total. The van der Waals surface area contributed by atoms with Crippen LogP contribution >= 0.6 is 0 Å². The number of benzene rings is 1. The molecule has 0 aliphatic carbocycles. The summed E-state index contributed by atoms with van der Waals surface area (Å²) in [4.78, 5) is 23.0. The summed E-state index contributed by atoms with van der Waals surface area (Å²) in [6, 6.07) is 0. The first-order chi connectivity index (χ1) is 17.3. The van der Waals surface area contributed by atoms with Crippen molar-refractivity contribution >= 4 is 17.6 Å². The standard InChI is InChI=1S/C32H53NO4/c1-21(2)12-9-13-22(3)14-10-15-23(4)16-11-18-32(8)19-17-27-26(7)30(33-28(34)20-29(35)36)24(5)25(6)31(27)37-32/h21-23H,9-20H2,1-8H3,(H,33,34)(H,35,36)/t22-,23-,32-/m1/s1. The summed E-state index contributed by atoms with van der Waals surface area (Å²) in [5.41, 5.74) is 4.68. The molecule has 0 aromatic heterocycles. The van der Waals surface area contributed by atoms with Crippen LogP contribution in [0.15, 0.2) is 0 Å². The third kappa shape index (κ3) is 9.65. The van der Waals surface area contributed by atoms with Crippen LogP contribution in [0.3, 0.4) is 0 Å². The van der Waals surface area contributed by atoms with Gasteiger partial charge in [0.2, 0.25) is 5.91 Å². The Morgan fingerprint density at radius 2 is 1.46 bits per heavy atom. The number of hydrogen-bond acceptors (Lipinski definition) is 3. The van der Waals surface area contributed by atoms with Crippen LogP contribution in [0.1, 0.15) is 128 Å². The second kappa shape index (κ2) is 14.2. The second-order valence-electron chi connectivity index (χ2n) is 12.6. The quantitative estimate of drug-likeness (QED) is 0.229. The molecule has 37 heavy (non-hydrogen) atoms. The highest BCUT2D eigenvalue weighted by Gasteiger charge is 2.34. The van der Waals surface area contributed by atoms with Gasteiger partial charge in [0.15, 0.2) is 0 Å². The lowest BCUT2D eigenvalue weighted by Crippen LogP contribution is -2.37. The van der Waals surface area contributed by atoms with Gasteiger partial charge in [-0.15, -0.1) is 0 Å². The minimum atomic E-state index is -1.12. The second-order valence-corrected chi connectivity index (χ2v) is 12.6. The molecule has 1 aliphatic rings. The fraction of sp³-hybridized carbons (Fsp3) is 0.750. The van der Waals surface area contributed by atoms with Crippen molar-refractivity contribution in [1.29, 1.82) is 0 Å². The minimum absolute atomic E-state index is 0.171. The van der Waals surface area contributed by atoms with Crippen LogP contribution in [0.25, 0.3) is 0 Å². The van der Waals surface area contributed by atoms with E-state index in [1.807, 2.05) is 20.8 Å². The van der Waals surface area contributed by atoms with Crippen LogP contribution in [-0.4, -0.2) is 22.6 Å². The van der Waals surface area contributed by atoms with Gasteiger partial charge in [0.05, 0.1) is 0 Å². The minimum Gasteiger partial charge on any atom is -0.487 e. The van der Waals surface area contributed by atoms with Gasteiger partial charge in [0.1, 0.15) is 17.8 Å². The van der Waals surface area contributed by atoms with Crippen molar-refractivity contribution in [3.8, 4) is 5.75 Å². The van der Waals surface area contributed by atoms with Gasteiger partial charge in [-0.25, -0.2) is 0 Å². The largest absolute Gasteiger partial charge is 0.487 e. The van der Waals surface area contributed by atoms with E-state index in [-0.39, 0.29) is 5.60 Å². The van der Waals surface area contributed by atoms with Crippen molar-refractivity contribution < 1.29 is 19.4 Å². The Morgan fingerprint density at radius 1 is 0.892 bits per heavy atom. The average molecular weight is 516 g/mol. The lowest BCUT2D eigenvalue weighted by atomic mass is 9.83. The Morgan fingerprint density at radius 3 is 2.03 bits per heavy atom. The Labute approximate surface area is 226 Å². The Kier molecular flexibility index (Phi) is 12.0. The van der Waals surface area contributed by atoms with E-state index in [4.69, 9.17) is 9.84 Å². The molecule has 1 aromatic rings. The summed E-state index contributed by atoms with van der Waals surface area (Å²) in [5.74, 6) is 1.77. The maximum atomic E-state index is 12.1. The molecule has 3 atom stereocenters. The number of fused-ring (bicyclic) bond motifs is 1. The van der Waals surface area contributed by atoms with Gasteiger partial charge in [-0.05, 0) is 93.4 Å². The predicted octanol–water partition coefficient (Wildman–Crippen LogP) is 8.55. The van der Waals surface area contributed by atoms with E-state index < -0.39 is 18.3 Å². The van der Waals surface area contributed by atoms with Crippen molar-refractivity contribution in [3.05, 3.63) is 22.3 Å². The zero-order valence-corrected chi connectivity index (χ0v) is 24.9. The lowest BCUT2D eigenvalue weighted by Gasteiger charge is -2.38. The van der Waals surface area contributed by atoms with Gasteiger partial charge < -0.3 is 15.2 Å². The third-order valence-electron chi connectivity index (χ3n) is 8.48. The molecule has 1 amide bonds. The van der Waals surface area contributed by atoms with Crippen molar-refractivity contribution in [2.45, 2.75) is 138 Å². The maximum Gasteiger partial charge on any atom is 0.312 e. The first-order valence-corrected chi connectivity index (χ1v) is 14.7. The average Bonchev–Trinajstić information content (AvgIpc) is 2.79. The summed E-state index contributed by atoms with van der Waals surface area (Å²) in [5, 5.41) is 11.8. The summed E-state index contributed by atoms with van der Waals surface area (Å²) in [6.07, 6.45) is 12.9. The number of carbonyl (C=O) groups is 2. The number of ether oxygens (including phenoxy) is 1. The van der Waals surface area contributed by atoms with Crippen LogP contribution in [0.2, 0.25) is 0 Å². The molecule has 0 radical (unpaired) electrons. The number of carboxylic acids is 1. The molecule has 0 saturated heterocycles. The number of anilines is 1. The first-order valence-electron chi connectivity index (χ1n) is 14.7. The molecule has 0 bridgehead atoms. The van der Waals surface area contributed by atoms with Crippen LogP contribution in [0.5, 0.6) is 5.75 Å². The number of amides is 1. The number of hydrogen-bond donors (Lipinski definition) is 2. The number of carboxylic acid groups (broad SMARTS) is 1. The van der Waals surface area contributed by atoms with E-state index in [0.29, 0.717) is 0 Å². The van der Waals surface area contributed by atoms with Gasteiger partial charge in [0, 0.05) is 5.69 Å². The summed E-state index contributed by atoms with van der Waals surface area (Å²) in [6.45, 7) is 17.7. The molecule has 2 N–H and O–H groups in total. The third-order valence-corrected chi connectivity index (χ3v) is 8.48. The SMILES string of the molecule is Cc1c(C)c2c(c(C)c1NC(=O)CC(=O)O)CC[C@@](C)(CCC[C@H](C)CCC[C@H](C)CCCC(C)C)O2. The van der Waals surface area contributed by atoms with E-state index in [2.05, 4.69) is 39.9 Å². The van der Waals surface area contributed by atoms with Gasteiger partial charge in [0.25, 0.3) is 0 Å². The molecule has 1 aliphatic heterocycles. The summed E-state index contributed by atoms with van der Waals surface area (Å²) >= 11 is 0. The van der Waals surface area contributed by atoms with Gasteiger partial charge in [-0.2, -0.15) is 0 Å². The highest BCUT2D eigenvalue weighted by molar-refractivity contribution is 6.02. The van der Waals surface area contributed by atoms with Crippen molar-refractivity contribution in [2.75, 3.05) is 5.32 Å². The molecule has 0 spiro atoms. The summed E-state index contributed by atoms with van der Waals surface area (Å²) < 4.78 is 6.68. The molecule has 210 valence electrons. The fourth-order valence-corrected chi connectivity index (χ4v) is 5.80. The molecule has 1 heterocycles. The molecule has 0 saturated carbocycles. The highest BCUT2D eigenvalue weighted by atomic mass is 16.5. The zero-order chi connectivity index (χ0) is 27.8. The van der Waals surface area contributed by atoms with Crippen LogP contribution < -0.4 is 10.1 Å². The first kappa shape index (κ1) is 31.2. The number of carbonyl (C=O) groups excluding carboxylic acids is 1. The number of nitrogens with one attached hydrogen (secondary N) is 1. The molecule has 0 unspecified atom stereocenters. The van der Waals surface area contributed by atoms with E-state index in [1.165, 1.54) is 51.4 Å². The molecule has 1 aromatic carbocycles. The smallest absolute Gasteiger partial charge is 0.312 e. The molecular formula is C32H53NO4. The lowest BCUT2D eigenvalue weighted by molar-refractivity contribution is -0.139. The van der Waals surface area contributed by atoms with Gasteiger partial charge in [-0.1, -0.05) is 72.6 Å². The van der Waals surface area contributed by atoms with Crippen LogP contribution in [0, 0.1) is 38.5 Å². The van der Waals surface area contributed by atoms with E-state index in [0.717, 1.165) is 70.7 Å². The van der Waals surface area contributed by atoms with E-state index in [9.17, 15) is 9.59 Å². The van der Waals surface area contributed by atoms with Gasteiger partial charge >= 0.3 is 5.97 Å². The summed E-state index contributed by atoms with van der Waals surface area (Å²) in [7, 11) is 0. The molecule has 2 rings (SSSR count). The van der Waals surface area contributed by atoms with E-state index >= 15 is 0 Å². The van der Waals surface area contributed by atoms with Crippen LogP contribution in [-0.2, 0) is 16.0 Å². The zero-order valence-electron chi connectivity index (χ0n) is 24.9. The number of aliphatic carboxylic acids is 1. The van der Waals surface area contributed by atoms with Crippen LogP contribution in [0.4, 0.5) is 5.69 Å². The number of rotatable bonds is 15. The molecular weight excluding hydrogens is 462 g/mol. The Hall–Kier alpha value is -2.04. The molecule has 5 heteroatoms. The van der Waals surface area contributed by atoms with Crippen molar-refractivity contribution in [3.63, 3.8) is 0 Å². The highest BCUT2D eigenvalue weighted by Crippen LogP contribution is 2.44. The fourth-order valence-electron chi connectivity index (χ4n) is 5.80. The topological polar surface area (TPSA) is 75.6 Å². The Balaban J connectivity index is 1.87. The molecule has 0 fully saturated rings. The van der Waals surface area contributed by atoms with Crippen molar-refractivity contribution in [2.24, 2.45) is 17.8 Å².